The minimum absolute atomic E-state index is 0.0757. The zero-order valence-electron chi connectivity index (χ0n) is 11.8. The number of ketones is 1. The molecular formula is C18H13NO3. The number of benzene rings is 2. The monoisotopic (exact) mass is 291 g/mol. The van der Waals surface area contributed by atoms with E-state index in [2.05, 4.69) is 0 Å². The van der Waals surface area contributed by atoms with Gasteiger partial charge in [0, 0.05) is 6.42 Å². The van der Waals surface area contributed by atoms with Gasteiger partial charge in [-0.2, -0.15) is 0 Å². The van der Waals surface area contributed by atoms with Gasteiger partial charge < -0.3 is 0 Å². The summed E-state index contributed by atoms with van der Waals surface area (Å²) in [5.74, 6) is -0.834. The molecule has 4 heteroatoms. The first kappa shape index (κ1) is 13.0. The van der Waals surface area contributed by atoms with Gasteiger partial charge in [-0.15, -0.1) is 0 Å². The lowest BCUT2D eigenvalue weighted by Crippen LogP contribution is -2.40. The molecule has 1 aliphatic heterocycles. The van der Waals surface area contributed by atoms with Gasteiger partial charge >= 0.3 is 0 Å². The smallest absolute Gasteiger partial charge is 0.262 e. The molecule has 0 bridgehead atoms. The van der Waals surface area contributed by atoms with Crippen molar-refractivity contribution in [3.63, 3.8) is 0 Å². The predicted octanol–water partition coefficient (Wildman–Crippen LogP) is 2.54. The summed E-state index contributed by atoms with van der Waals surface area (Å²) in [5.41, 5.74) is 2.56. The lowest BCUT2D eigenvalue weighted by molar-refractivity contribution is -0.123. The van der Waals surface area contributed by atoms with Crippen molar-refractivity contribution in [3.8, 4) is 0 Å². The Balaban J connectivity index is 1.85. The van der Waals surface area contributed by atoms with Crippen molar-refractivity contribution in [3.05, 3.63) is 70.8 Å². The van der Waals surface area contributed by atoms with E-state index in [0.29, 0.717) is 24.0 Å². The third-order valence-corrected chi connectivity index (χ3v) is 4.38. The molecule has 0 saturated heterocycles. The second kappa shape index (κ2) is 4.63. The van der Waals surface area contributed by atoms with Crippen molar-refractivity contribution in [1.82, 2.24) is 4.90 Å². The third-order valence-electron chi connectivity index (χ3n) is 4.38. The van der Waals surface area contributed by atoms with Gasteiger partial charge in [0.2, 0.25) is 0 Å². The van der Waals surface area contributed by atoms with Gasteiger partial charge in [-0.1, -0.05) is 36.4 Å². The zero-order chi connectivity index (χ0) is 15.3. The van der Waals surface area contributed by atoms with E-state index in [4.69, 9.17) is 0 Å². The van der Waals surface area contributed by atoms with Crippen LogP contribution in [0.4, 0.5) is 0 Å². The van der Waals surface area contributed by atoms with Crippen LogP contribution in [0.15, 0.2) is 48.5 Å². The van der Waals surface area contributed by atoms with Crippen LogP contribution in [0.5, 0.6) is 0 Å². The number of carbonyl (C=O) groups is 3. The molecule has 0 radical (unpaired) electrons. The van der Waals surface area contributed by atoms with Crippen LogP contribution in [0.1, 0.15) is 44.3 Å². The van der Waals surface area contributed by atoms with Gasteiger partial charge in [0.15, 0.2) is 5.78 Å². The van der Waals surface area contributed by atoms with Crippen LogP contribution in [0.2, 0.25) is 0 Å². The fourth-order valence-electron chi connectivity index (χ4n) is 3.32. The predicted molar refractivity (Wildman–Crippen MR) is 79.5 cm³/mol. The first-order chi connectivity index (χ1) is 10.7. The molecule has 2 aliphatic rings. The SMILES string of the molecule is O=C1CCc2ccccc2C1N1C(=O)c2ccccc2C1=O. The van der Waals surface area contributed by atoms with Crippen LogP contribution in [-0.4, -0.2) is 22.5 Å². The Morgan fingerprint density at radius 1 is 0.773 bits per heavy atom. The largest absolute Gasteiger partial charge is 0.297 e. The fourth-order valence-corrected chi connectivity index (χ4v) is 3.32. The van der Waals surface area contributed by atoms with E-state index in [1.807, 2.05) is 24.3 Å². The van der Waals surface area contributed by atoms with Crippen LogP contribution >= 0.6 is 0 Å². The number of rotatable bonds is 1. The highest BCUT2D eigenvalue weighted by Gasteiger charge is 2.44. The molecular weight excluding hydrogens is 278 g/mol. The van der Waals surface area contributed by atoms with Crippen LogP contribution in [0.3, 0.4) is 0 Å². The Hall–Kier alpha value is -2.75. The van der Waals surface area contributed by atoms with E-state index in [1.54, 1.807) is 24.3 Å². The van der Waals surface area contributed by atoms with Crippen molar-refractivity contribution < 1.29 is 14.4 Å². The molecule has 4 nitrogen and oxygen atoms in total. The zero-order valence-corrected chi connectivity index (χ0v) is 11.8. The molecule has 0 aromatic heterocycles. The maximum absolute atomic E-state index is 12.6. The van der Waals surface area contributed by atoms with E-state index in [1.165, 1.54) is 0 Å². The maximum atomic E-state index is 12.6. The van der Waals surface area contributed by atoms with Crippen molar-refractivity contribution >= 4 is 17.6 Å². The number of fused-ring (bicyclic) bond motifs is 2. The standard InChI is InChI=1S/C18H13NO3/c20-15-10-9-11-5-1-2-6-12(11)16(15)19-17(21)13-7-3-4-8-14(13)18(19)22/h1-8,16H,9-10H2. The molecule has 2 amide bonds. The Morgan fingerprint density at radius 2 is 1.36 bits per heavy atom. The molecule has 22 heavy (non-hydrogen) atoms. The van der Waals surface area contributed by atoms with E-state index in [0.717, 1.165) is 16.0 Å². The highest BCUT2D eigenvalue weighted by Crippen LogP contribution is 2.36. The van der Waals surface area contributed by atoms with E-state index < -0.39 is 6.04 Å². The molecule has 1 unspecified atom stereocenters. The molecule has 0 spiro atoms. The van der Waals surface area contributed by atoms with Crippen molar-refractivity contribution in [2.75, 3.05) is 0 Å². The van der Waals surface area contributed by atoms with Gasteiger partial charge in [0.05, 0.1) is 11.1 Å². The van der Waals surface area contributed by atoms with Gasteiger partial charge in [-0.3, -0.25) is 19.3 Å². The highest BCUT2D eigenvalue weighted by molar-refractivity contribution is 6.23. The second-order valence-corrected chi connectivity index (χ2v) is 5.59. The summed E-state index contributed by atoms with van der Waals surface area (Å²) in [6.45, 7) is 0. The second-order valence-electron chi connectivity index (χ2n) is 5.59. The summed E-state index contributed by atoms with van der Waals surface area (Å²) in [6, 6.07) is 13.5. The first-order valence-corrected chi connectivity index (χ1v) is 7.26. The average Bonchev–Trinajstić information content (AvgIpc) is 2.80. The Kier molecular flexibility index (Phi) is 2.73. The van der Waals surface area contributed by atoms with Gasteiger partial charge in [0.1, 0.15) is 6.04 Å². The van der Waals surface area contributed by atoms with Crippen LogP contribution < -0.4 is 0 Å². The summed E-state index contributed by atoms with van der Waals surface area (Å²) < 4.78 is 0. The fraction of sp³-hybridized carbons (Fsp3) is 0.167. The molecule has 1 heterocycles. The summed E-state index contributed by atoms with van der Waals surface area (Å²) in [7, 11) is 0. The van der Waals surface area contributed by atoms with Crippen molar-refractivity contribution in [1.29, 1.82) is 0 Å². The number of hydrogen-bond donors (Lipinski definition) is 0. The van der Waals surface area contributed by atoms with Crippen molar-refractivity contribution in [2.24, 2.45) is 0 Å². The minimum Gasteiger partial charge on any atom is -0.297 e. The van der Waals surface area contributed by atoms with E-state index in [-0.39, 0.29) is 17.6 Å². The number of imide groups is 1. The average molecular weight is 291 g/mol. The van der Waals surface area contributed by atoms with Gasteiger partial charge in [-0.05, 0) is 29.7 Å². The molecule has 4 rings (SSSR count). The van der Waals surface area contributed by atoms with Crippen LogP contribution in [0, 0.1) is 0 Å². The Morgan fingerprint density at radius 3 is 2.05 bits per heavy atom. The van der Waals surface area contributed by atoms with E-state index in [9.17, 15) is 14.4 Å². The number of carbonyl (C=O) groups excluding carboxylic acids is 3. The molecule has 2 aromatic carbocycles. The van der Waals surface area contributed by atoms with Gasteiger partial charge in [-0.25, -0.2) is 0 Å². The van der Waals surface area contributed by atoms with Crippen LogP contribution in [0.25, 0.3) is 0 Å². The Bertz CT molecular complexity index is 790. The van der Waals surface area contributed by atoms with E-state index >= 15 is 0 Å². The summed E-state index contributed by atoms with van der Waals surface area (Å²) in [5, 5.41) is 0. The summed E-state index contributed by atoms with van der Waals surface area (Å²) >= 11 is 0. The first-order valence-electron chi connectivity index (χ1n) is 7.26. The molecule has 1 atom stereocenters. The van der Waals surface area contributed by atoms with Crippen molar-refractivity contribution in [2.45, 2.75) is 18.9 Å². The lowest BCUT2D eigenvalue weighted by atomic mass is 9.86. The number of amides is 2. The number of Topliss-reactive ketones (excluding diaryl/α,β-unsaturated/α-hetero) is 1. The molecule has 0 fully saturated rings. The molecule has 2 aromatic rings. The minimum atomic E-state index is -0.794. The quantitative estimate of drug-likeness (QED) is 0.759. The topological polar surface area (TPSA) is 54.5 Å². The summed E-state index contributed by atoms with van der Waals surface area (Å²) in [6.07, 6.45) is 1.02. The highest BCUT2D eigenvalue weighted by atomic mass is 16.2. The third kappa shape index (κ3) is 1.67. The summed E-state index contributed by atoms with van der Waals surface area (Å²) in [4.78, 5) is 38.8. The Labute approximate surface area is 127 Å². The number of aryl methyl sites for hydroxylation is 1. The normalized spacial score (nSPS) is 20.1. The molecule has 0 saturated carbocycles. The number of hydrogen-bond acceptors (Lipinski definition) is 3. The molecule has 108 valence electrons. The van der Waals surface area contributed by atoms with Crippen LogP contribution in [-0.2, 0) is 11.2 Å². The molecule has 0 N–H and O–H groups in total. The maximum Gasteiger partial charge on any atom is 0.262 e. The molecule has 1 aliphatic carbocycles. The number of nitrogens with zero attached hydrogens (tertiary/aromatic N) is 1. The van der Waals surface area contributed by atoms with Gasteiger partial charge in [0.25, 0.3) is 11.8 Å². The lowest BCUT2D eigenvalue weighted by Gasteiger charge is -2.30.